The van der Waals surface area contributed by atoms with Crippen molar-refractivity contribution >= 4 is 11.3 Å². The van der Waals surface area contributed by atoms with E-state index in [1.807, 2.05) is 36.4 Å². The monoisotopic (exact) mass is 268 g/mol. The summed E-state index contributed by atoms with van der Waals surface area (Å²) in [5.74, 6) is 0.650. The molecule has 0 atom stereocenters. The first-order valence-electron chi connectivity index (χ1n) is 5.90. The van der Waals surface area contributed by atoms with E-state index in [1.54, 1.807) is 24.6 Å². The van der Waals surface area contributed by atoms with Gasteiger partial charge in [-0.1, -0.05) is 36.4 Å². The fourth-order valence-corrected chi connectivity index (χ4v) is 2.83. The second-order valence-corrected chi connectivity index (χ2v) is 4.94. The van der Waals surface area contributed by atoms with Crippen molar-refractivity contribution in [1.82, 2.24) is 9.97 Å². The van der Waals surface area contributed by atoms with Crippen LogP contribution < -0.4 is 4.74 Å². The molecule has 4 heteroatoms. The predicted molar refractivity (Wildman–Crippen MR) is 77.3 cm³/mol. The molecule has 0 N–H and O–H groups in total. The Labute approximate surface area is 115 Å². The van der Waals surface area contributed by atoms with Gasteiger partial charge in [0.2, 0.25) is 5.88 Å². The third-order valence-electron chi connectivity index (χ3n) is 2.71. The average Bonchev–Trinajstić information content (AvgIpc) is 2.93. The number of thiazole rings is 1. The van der Waals surface area contributed by atoms with E-state index in [2.05, 4.69) is 22.1 Å². The summed E-state index contributed by atoms with van der Waals surface area (Å²) < 4.78 is 5.37. The predicted octanol–water partition coefficient (Wildman–Crippen LogP) is 3.88. The van der Waals surface area contributed by atoms with Gasteiger partial charge < -0.3 is 4.74 Å². The minimum Gasteiger partial charge on any atom is -0.480 e. The largest absolute Gasteiger partial charge is 0.480 e. The first-order chi connectivity index (χ1) is 9.38. The lowest BCUT2D eigenvalue weighted by Gasteiger charge is -1.99. The molecule has 0 amide bonds. The van der Waals surface area contributed by atoms with Gasteiger partial charge in [0.1, 0.15) is 5.01 Å². The second-order valence-electron chi connectivity index (χ2n) is 3.94. The molecule has 0 aliphatic heterocycles. The summed E-state index contributed by atoms with van der Waals surface area (Å²) in [5.41, 5.74) is 1.98. The lowest BCUT2D eigenvalue weighted by atomic mass is 10.2. The topological polar surface area (TPSA) is 35.0 Å². The molecule has 3 rings (SSSR count). The van der Waals surface area contributed by atoms with Gasteiger partial charge in [0.15, 0.2) is 0 Å². The number of benzene rings is 1. The van der Waals surface area contributed by atoms with Gasteiger partial charge in [-0.3, -0.25) is 4.98 Å². The molecular formula is C15H12N2OS. The van der Waals surface area contributed by atoms with E-state index in [0.29, 0.717) is 5.88 Å². The maximum absolute atomic E-state index is 5.37. The zero-order chi connectivity index (χ0) is 13.1. The van der Waals surface area contributed by atoms with Gasteiger partial charge in [0, 0.05) is 6.20 Å². The summed E-state index contributed by atoms with van der Waals surface area (Å²) in [4.78, 5) is 9.86. The SMILES string of the molecule is COc1nc(-c2ccccn2)sc1-c1ccccc1. The van der Waals surface area contributed by atoms with E-state index >= 15 is 0 Å². The number of rotatable bonds is 3. The normalized spacial score (nSPS) is 10.4. The third-order valence-corrected chi connectivity index (χ3v) is 3.82. The highest BCUT2D eigenvalue weighted by molar-refractivity contribution is 7.18. The first kappa shape index (κ1) is 11.9. The summed E-state index contributed by atoms with van der Waals surface area (Å²) in [7, 11) is 1.64. The van der Waals surface area contributed by atoms with Crippen molar-refractivity contribution in [1.29, 1.82) is 0 Å². The van der Waals surface area contributed by atoms with E-state index < -0.39 is 0 Å². The van der Waals surface area contributed by atoms with Crippen LogP contribution in [0.25, 0.3) is 21.1 Å². The Morgan fingerprint density at radius 1 is 1.00 bits per heavy atom. The van der Waals surface area contributed by atoms with Crippen LogP contribution >= 0.6 is 11.3 Å². The molecule has 0 unspecified atom stereocenters. The van der Waals surface area contributed by atoms with Crippen molar-refractivity contribution in [3.8, 4) is 27.0 Å². The number of hydrogen-bond acceptors (Lipinski definition) is 4. The summed E-state index contributed by atoms with van der Waals surface area (Å²) in [5, 5.41) is 0.872. The molecule has 2 heterocycles. The molecule has 0 fully saturated rings. The van der Waals surface area contributed by atoms with Crippen molar-refractivity contribution in [2.45, 2.75) is 0 Å². The van der Waals surface area contributed by atoms with Crippen LogP contribution in [0.3, 0.4) is 0 Å². The molecule has 0 saturated carbocycles. The Balaban J connectivity index is 2.09. The highest BCUT2D eigenvalue weighted by Crippen LogP contribution is 2.38. The second kappa shape index (κ2) is 5.20. The van der Waals surface area contributed by atoms with Gasteiger partial charge in [0.25, 0.3) is 0 Å². The number of hydrogen-bond donors (Lipinski definition) is 0. The lowest BCUT2D eigenvalue weighted by molar-refractivity contribution is 0.402. The number of ether oxygens (including phenoxy) is 1. The zero-order valence-electron chi connectivity index (χ0n) is 10.4. The van der Waals surface area contributed by atoms with Crippen LogP contribution in [0.1, 0.15) is 0 Å². The Morgan fingerprint density at radius 2 is 1.79 bits per heavy atom. The fourth-order valence-electron chi connectivity index (χ4n) is 1.82. The molecule has 1 aromatic carbocycles. The summed E-state index contributed by atoms with van der Waals surface area (Å²) in [6.07, 6.45) is 1.77. The highest BCUT2D eigenvalue weighted by Gasteiger charge is 2.15. The number of nitrogens with zero attached hydrogens (tertiary/aromatic N) is 2. The minimum atomic E-state index is 0.650. The Bertz CT molecular complexity index is 665. The van der Waals surface area contributed by atoms with Crippen LogP contribution in [0.2, 0.25) is 0 Å². The first-order valence-corrected chi connectivity index (χ1v) is 6.72. The van der Waals surface area contributed by atoms with E-state index in [-0.39, 0.29) is 0 Å². The van der Waals surface area contributed by atoms with Crippen LogP contribution in [0.5, 0.6) is 5.88 Å². The number of aromatic nitrogens is 2. The van der Waals surface area contributed by atoms with Crippen LogP contribution in [0, 0.1) is 0 Å². The van der Waals surface area contributed by atoms with E-state index in [4.69, 9.17) is 4.74 Å². The highest BCUT2D eigenvalue weighted by atomic mass is 32.1. The average molecular weight is 268 g/mol. The zero-order valence-corrected chi connectivity index (χ0v) is 11.2. The van der Waals surface area contributed by atoms with Crippen molar-refractivity contribution in [2.24, 2.45) is 0 Å². The molecule has 19 heavy (non-hydrogen) atoms. The Hall–Kier alpha value is -2.20. The molecule has 3 nitrogen and oxygen atoms in total. The molecule has 0 aliphatic carbocycles. The van der Waals surface area contributed by atoms with Gasteiger partial charge in [-0.15, -0.1) is 11.3 Å². The number of methoxy groups -OCH3 is 1. The van der Waals surface area contributed by atoms with Crippen LogP contribution in [0.15, 0.2) is 54.7 Å². The van der Waals surface area contributed by atoms with Crippen molar-refractivity contribution in [2.75, 3.05) is 7.11 Å². The van der Waals surface area contributed by atoms with E-state index in [0.717, 1.165) is 21.1 Å². The molecule has 0 saturated heterocycles. The number of pyridine rings is 1. The van der Waals surface area contributed by atoms with Gasteiger partial charge >= 0.3 is 0 Å². The van der Waals surface area contributed by atoms with Crippen LogP contribution in [-0.4, -0.2) is 17.1 Å². The van der Waals surface area contributed by atoms with Gasteiger partial charge in [-0.25, -0.2) is 0 Å². The van der Waals surface area contributed by atoms with Crippen molar-refractivity contribution in [3.05, 3.63) is 54.7 Å². The molecular weight excluding hydrogens is 256 g/mol. The van der Waals surface area contributed by atoms with E-state index in [1.165, 1.54) is 0 Å². The maximum atomic E-state index is 5.37. The van der Waals surface area contributed by atoms with Crippen molar-refractivity contribution < 1.29 is 4.74 Å². The quantitative estimate of drug-likeness (QED) is 0.723. The smallest absolute Gasteiger partial charge is 0.232 e. The van der Waals surface area contributed by atoms with E-state index in [9.17, 15) is 0 Å². The lowest BCUT2D eigenvalue weighted by Crippen LogP contribution is -1.85. The van der Waals surface area contributed by atoms with Gasteiger partial charge in [-0.2, -0.15) is 4.98 Å². The molecule has 0 spiro atoms. The molecule has 0 bridgehead atoms. The molecule has 94 valence electrons. The summed E-state index contributed by atoms with van der Waals surface area (Å²) >= 11 is 1.59. The van der Waals surface area contributed by atoms with Gasteiger partial charge in [0.05, 0.1) is 17.7 Å². The molecule has 0 radical (unpaired) electrons. The standard InChI is InChI=1S/C15H12N2OS/c1-18-14-13(11-7-3-2-4-8-11)19-15(17-14)12-9-5-6-10-16-12/h2-10H,1H3. The van der Waals surface area contributed by atoms with Crippen molar-refractivity contribution in [3.63, 3.8) is 0 Å². The fraction of sp³-hybridized carbons (Fsp3) is 0.0667. The molecule has 2 aromatic heterocycles. The third kappa shape index (κ3) is 2.35. The summed E-state index contributed by atoms with van der Waals surface area (Å²) in [6.45, 7) is 0. The van der Waals surface area contributed by atoms with Crippen LogP contribution in [0.4, 0.5) is 0 Å². The van der Waals surface area contributed by atoms with Gasteiger partial charge in [-0.05, 0) is 17.7 Å². The summed E-state index contributed by atoms with van der Waals surface area (Å²) in [6, 6.07) is 15.9. The Morgan fingerprint density at radius 3 is 2.47 bits per heavy atom. The Kier molecular flexibility index (Phi) is 3.25. The van der Waals surface area contributed by atoms with Crippen LogP contribution in [-0.2, 0) is 0 Å². The molecule has 3 aromatic rings. The minimum absolute atomic E-state index is 0.650. The molecule has 0 aliphatic rings. The maximum Gasteiger partial charge on any atom is 0.232 e.